The predicted molar refractivity (Wildman–Crippen MR) is 66.8 cm³/mol. The summed E-state index contributed by atoms with van der Waals surface area (Å²) in [5.41, 5.74) is 0.276. The van der Waals surface area contributed by atoms with Crippen LogP contribution in [0.4, 0.5) is 5.69 Å². The van der Waals surface area contributed by atoms with Crippen molar-refractivity contribution < 1.29 is 19.2 Å². The van der Waals surface area contributed by atoms with Gasteiger partial charge in [0.15, 0.2) is 0 Å². The third kappa shape index (κ3) is 2.62. The maximum absolute atomic E-state index is 11.8. The zero-order valence-electron chi connectivity index (χ0n) is 9.31. The summed E-state index contributed by atoms with van der Waals surface area (Å²) in [7, 11) is 1.42. The first kappa shape index (κ1) is 12.4. The van der Waals surface area contributed by atoms with Crippen LogP contribution in [0.3, 0.4) is 0 Å². The third-order valence-corrected chi connectivity index (χ3v) is 2.62. The highest BCUT2D eigenvalue weighted by Crippen LogP contribution is 2.27. The van der Waals surface area contributed by atoms with E-state index in [9.17, 15) is 9.90 Å². The fourth-order valence-electron chi connectivity index (χ4n) is 1.26. The van der Waals surface area contributed by atoms with Gasteiger partial charge in [0.1, 0.15) is 5.75 Å². The summed E-state index contributed by atoms with van der Waals surface area (Å²) < 4.78 is 10.3. The van der Waals surface area contributed by atoms with Crippen LogP contribution in [0, 0.1) is 0 Å². The first-order valence-electron chi connectivity index (χ1n) is 4.90. The van der Waals surface area contributed by atoms with Gasteiger partial charge in [0.05, 0.1) is 18.9 Å². The molecule has 0 radical (unpaired) electrons. The lowest BCUT2D eigenvalue weighted by molar-refractivity contribution is 0.0987. The number of nitrogens with zero attached hydrogens (tertiary/aromatic N) is 1. The van der Waals surface area contributed by atoms with Crippen molar-refractivity contribution in [1.29, 1.82) is 0 Å². The van der Waals surface area contributed by atoms with Crippen molar-refractivity contribution in [3.05, 3.63) is 34.5 Å². The van der Waals surface area contributed by atoms with Gasteiger partial charge in [0.2, 0.25) is 5.76 Å². The summed E-state index contributed by atoms with van der Waals surface area (Å²) >= 11 is 3.20. The number of anilines is 1. The van der Waals surface area contributed by atoms with Gasteiger partial charge in [-0.25, -0.2) is 0 Å². The van der Waals surface area contributed by atoms with E-state index in [2.05, 4.69) is 26.4 Å². The number of carbonyl (C=O) groups is 1. The summed E-state index contributed by atoms with van der Waals surface area (Å²) in [6, 6.07) is 6.07. The Morgan fingerprint density at radius 3 is 2.89 bits per heavy atom. The summed E-state index contributed by atoms with van der Waals surface area (Å²) in [4.78, 5) is 11.8. The molecule has 2 N–H and O–H groups in total. The molecular formula is C11H9BrN2O4. The lowest BCUT2D eigenvalue weighted by atomic mass is 10.3. The minimum Gasteiger partial charge on any atom is -0.506 e. The summed E-state index contributed by atoms with van der Waals surface area (Å²) in [5.74, 6) is -0.373. The van der Waals surface area contributed by atoms with Crippen molar-refractivity contribution in [2.75, 3.05) is 12.4 Å². The van der Waals surface area contributed by atoms with E-state index in [1.54, 1.807) is 12.1 Å². The number of nitrogens with one attached hydrogen (secondary N) is 1. The Labute approximate surface area is 111 Å². The quantitative estimate of drug-likeness (QED) is 0.850. The van der Waals surface area contributed by atoms with Gasteiger partial charge in [-0.2, -0.15) is 0 Å². The fraction of sp³-hybridized carbons (Fsp3) is 0.0909. The summed E-state index contributed by atoms with van der Waals surface area (Å²) in [5, 5.41) is 15.6. The van der Waals surface area contributed by atoms with E-state index in [1.807, 2.05) is 0 Å². The van der Waals surface area contributed by atoms with Crippen molar-refractivity contribution in [3.63, 3.8) is 0 Å². The van der Waals surface area contributed by atoms with Crippen molar-refractivity contribution in [2.45, 2.75) is 0 Å². The Balaban J connectivity index is 2.16. The molecule has 0 saturated carbocycles. The van der Waals surface area contributed by atoms with Crippen molar-refractivity contribution in [2.24, 2.45) is 0 Å². The molecule has 0 spiro atoms. The Morgan fingerprint density at radius 2 is 2.28 bits per heavy atom. The molecule has 1 aromatic carbocycles. The average molecular weight is 313 g/mol. The highest BCUT2D eigenvalue weighted by molar-refractivity contribution is 9.10. The topological polar surface area (TPSA) is 84.6 Å². The number of ether oxygens (including phenoxy) is 1. The molecule has 1 amide bonds. The minimum atomic E-state index is -0.525. The second kappa shape index (κ2) is 5.09. The molecule has 1 heterocycles. The first-order valence-corrected chi connectivity index (χ1v) is 5.70. The van der Waals surface area contributed by atoms with Crippen LogP contribution >= 0.6 is 15.9 Å². The molecule has 0 atom stereocenters. The zero-order valence-corrected chi connectivity index (χ0v) is 10.9. The molecule has 18 heavy (non-hydrogen) atoms. The lowest BCUT2D eigenvalue weighted by Gasteiger charge is -2.05. The van der Waals surface area contributed by atoms with E-state index in [1.165, 1.54) is 19.2 Å². The number of phenols is 1. The molecule has 2 rings (SSSR count). The monoisotopic (exact) mass is 312 g/mol. The van der Waals surface area contributed by atoms with Crippen LogP contribution in [-0.4, -0.2) is 23.3 Å². The first-order chi connectivity index (χ1) is 8.60. The Hall–Kier alpha value is -2.02. The van der Waals surface area contributed by atoms with E-state index in [0.717, 1.165) is 0 Å². The molecule has 0 fully saturated rings. The van der Waals surface area contributed by atoms with Crippen LogP contribution in [0.25, 0.3) is 0 Å². The van der Waals surface area contributed by atoms with E-state index in [0.29, 0.717) is 4.47 Å². The summed E-state index contributed by atoms with van der Waals surface area (Å²) in [6.07, 6.45) is 0. The number of halogens is 1. The Kier molecular flexibility index (Phi) is 3.52. The number of hydrogen-bond acceptors (Lipinski definition) is 5. The van der Waals surface area contributed by atoms with Gasteiger partial charge in [-0.3, -0.25) is 4.79 Å². The molecular weight excluding hydrogens is 304 g/mol. The number of hydrogen-bond donors (Lipinski definition) is 2. The maximum Gasteiger partial charge on any atom is 0.294 e. The largest absolute Gasteiger partial charge is 0.506 e. The van der Waals surface area contributed by atoms with Gasteiger partial charge in [0, 0.05) is 4.47 Å². The fourth-order valence-corrected chi connectivity index (χ4v) is 1.61. The van der Waals surface area contributed by atoms with E-state index in [4.69, 9.17) is 9.26 Å². The van der Waals surface area contributed by atoms with E-state index < -0.39 is 5.91 Å². The molecule has 0 bridgehead atoms. The number of benzene rings is 1. The second-order valence-corrected chi connectivity index (χ2v) is 4.26. The normalized spacial score (nSPS) is 10.1. The van der Waals surface area contributed by atoms with Crippen LogP contribution in [0.1, 0.15) is 10.6 Å². The standard InChI is InChI=1S/C11H9BrN2O4/c1-17-10-5-9(18-14-10)11(16)13-7-3-2-6(12)4-8(7)15/h2-5,15H,1H3,(H,13,16). The molecule has 0 unspecified atom stereocenters. The van der Waals surface area contributed by atoms with Gasteiger partial charge in [0.25, 0.3) is 11.8 Å². The van der Waals surface area contributed by atoms with Gasteiger partial charge < -0.3 is 19.7 Å². The van der Waals surface area contributed by atoms with Gasteiger partial charge in [-0.05, 0) is 23.4 Å². The van der Waals surface area contributed by atoms with Crippen LogP contribution in [-0.2, 0) is 0 Å². The lowest BCUT2D eigenvalue weighted by Crippen LogP contribution is -2.10. The number of phenolic OH excluding ortho intramolecular Hbond substituents is 1. The van der Waals surface area contributed by atoms with Gasteiger partial charge in [-0.15, -0.1) is 0 Å². The smallest absolute Gasteiger partial charge is 0.294 e. The Bertz CT molecular complexity index is 582. The van der Waals surface area contributed by atoms with E-state index >= 15 is 0 Å². The SMILES string of the molecule is COc1cc(C(=O)Nc2ccc(Br)cc2O)on1. The second-order valence-electron chi connectivity index (χ2n) is 3.35. The van der Waals surface area contributed by atoms with E-state index in [-0.39, 0.29) is 23.1 Å². The zero-order chi connectivity index (χ0) is 13.1. The molecule has 2 aromatic rings. The maximum atomic E-state index is 11.8. The summed E-state index contributed by atoms with van der Waals surface area (Å²) in [6.45, 7) is 0. The van der Waals surface area contributed by atoms with Crippen molar-refractivity contribution in [3.8, 4) is 11.6 Å². The molecule has 6 nitrogen and oxygen atoms in total. The highest BCUT2D eigenvalue weighted by atomic mass is 79.9. The van der Waals surface area contributed by atoms with Crippen LogP contribution in [0.5, 0.6) is 11.6 Å². The minimum absolute atomic E-state index is 0.00540. The van der Waals surface area contributed by atoms with Crippen LogP contribution in [0.15, 0.2) is 33.3 Å². The highest BCUT2D eigenvalue weighted by Gasteiger charge is 2.15. The number of rotatable bonds is 3. The predicted octanol–water partition coefficient (Wildman–Crippen LogP) is 2.40. The van der Waals surface area contributed by atoms with Crippen LogP contribution < -0.4 is 10.1 Å². The van der Waals surface area contributed by atoms with Gasteiger partial charge >= 0.3 is 0 Å². The van der Waals surface area contributed by atoms with Crippen molar-refractivity contribution >= 4 is 27.5 Å². The number of methoxy groups -OCH3 is 1. The number of amides is 1. The van der Waals surface area contributed by atoms with Crippen molar-refractivity contribution in [1.82, 2.24) is 5.16 Å². The average Bonchev–Trinajstić information content (AvgIpc) is 2.81. The Morgan fingerprint density at radius 1 is 1.50 bits per heavy atom. The molecule has 0 saturated heterocycles. The molecule has 0 aliphatic carbocycles. The number of aromatic hydroxyl groups is 1. The number of aromatic nitrogens is 1. The third-order valence-electron chi connectivity index (χ3n) is 2.13. The molecule has 1 aromatic heterocycles. The molecule has 0 aliphatic rings. The molecule has 7 heteroatoms. The number of carbonyl (C=O) groups excluding carboxylic acids is 1. The molecule has 0 aliphatic heterocycles. The van der Waals surface area contributed by atoms with Crippen LogP contribution in [0.2, 0.25) is 0 Å². The molecule has 94 valence electrons. The van der Waals surface area contributed by atoms with Gasteiger partial charge in [-0.1, -0.05) is 15.9 Å².